The Hall–Kier alpha value is -2.96. The maximum absolute atomic E-state index is 13.4. The van der Waals surface area contributed by atoms with Crippen LogP contribution in [0.1, 0.15) is 48.4 Å². The molecule has 29 heavy (non-hydrogen) atoms. The van der Waals surface area contributed by atoms with Crippen molar-refractivity contribution in [1.82, 2.24) is 24.5 Å². The summed E-state index contributed by atoms with van der Waals surface area (Å²) in [5.41, 5.74) is 4.26. The fourth-order valence-corrected chi connectivity index (χ4v) is 4.28. The van der Waals surface area contributed by atoms with Crippen molar-refractivity contribution in [2.24, 2.45) is 0 Å². The normalized spacial score (nSPS) is 16.7. The van der Waals surface area contributed by atoms with Gasteiger partial charge in [-0.3, -0.25) is 9.59 Å². The number of rotatable bonds is 4. The van der Waals surface area contributed by atoms with Crippen LogP contribution in [0.4, 0.5) is 0 Å². The first-order chi connectivity index (χ1) is 14.0. The summed E-state index contributed by atoms with van der Waals surface area (Å²) >= 11 is 0. The Labute approximate surface area is 168 Å². The first-order valence-corrected chi connectivity index (χ1v) is 10.4. The highest BCUT2D eigenvalue weighted by atomic mass is 16.2. The summed E-state index contributed by atoms with van der Waals surface area (Å²) in [6.45, 7) is 5.60. The molecule has 5 rings (SSSR count). The zero-order chi connectivity index (χ0) is 20.1. The lowest BCUT2D eigenvalue weighted by Crippen LogP contribution is -2.36. The topological polar surface area (TPSA) is 73.0 Å². The summed E-state index contributed by atoms with van der Waals surface area (Å²) in [4.78, 5) is 27.9. The average Bonchev–Trinajstić information content (AvgIpc) is 3.20. The van der Waals surface area contributed by atoms with Crippen LogP contribution in [0, 0.1) is 13.8 Å². The number of fused-ring (bicyclic) bond motifs is 1. The molecule has 1 amide bonds. The van der Waals surface area contributed by atoms with Crippen molar-refractivity contribution in [2.75, 3.05) is 13.1 Å². The largest absolute Gasteiger partial charge is 0.341 e. The number of aromatic nitrogens is 4. The van der Waals surface area contributed by atoms with Crippen molar-refractivity contribution < 1.29 is 4.79 Å². The molecule has 2 aliphatic rings. The summed E-state index contributed by atoms with van der Waals surface area (Å²) < 4.78 is 3.08. The van der Waals surface area contributed by atoms with Crippen LogP contribution in [0.15, 0.2) is 29.2 Å². The van der Waals surface area contributed by atoms with Gasteiger partial charge < -0.3 is 4.90 Å². The first kappa shape index (κ1) is 18.1. The number of hydrogen-bond donors (Lipinski definition) is 0. The lowest BCUT2D eigenvalue weighted by Gasteiger charge is -2.16. The average molecular weight is 391 g/mol. The van der Waals surface area contributed by atoms with Crippen molar-refractivity contribution in [3.8, 4) is 5.69 Å². The molecule has 0 spiro atoms. The highest BCUT2D eigenvalue weighted by Crippen LogP contribution is 2.41. The Kier molecular flexibility index (Phi) is 4.26. The minimum atomic E-state index is -0.255. The van der Waals surface area contributed by atoms with Gasteiger partial charge in [0.15, 0.2) is 0 Å². The van der Waals surface area contributed by atoms with Gasteiger partial charge in [-0.1, -0.05) is 17.7 Å². The van der Waals surface area contributed by atoms with Crippen LogP contribution in [0.25, 0.3) is 16.6 Å². The van der Waals surface area contributed by atoms with Gasteiger partial charge in [-0.2, -0.15) is 10.2 Å². The first-order valence-electron chi connectivity index (χ1n) is 10.4. The summed E-state index contributed by atoms with van der Waals surface area (Å²) in [6.07, 6.45) is 5.94. The predicted molar refractivity (Wildman–Crippen MR) is 110 cm³/mol. The number of carbonyl (C=O) groups excluding carboxylic acids is 1. The molecule has 1 saturated carbocycles. The number of nitrogens with zero attached hydrogens (tertiary/aromatic N) is 5. The summed E-state index contributed by atoms with van der Waals surface area (Å²) in [5, 5.41) is 9.98. The van der Waals surface area contributed by atoms with Crippen LogP contribution in [-0.4, -0.2) is 43.5 Å². The van der Waals surface area contributed by atoms with E-state index in [9.17, 15) is 9.59 Å². The third kappa shape index (κ3) is 3.14. The van der Waals surface area contributed by atoms with Gasteiger partial charge in [-0.05, 0) is 51.2 Å². The van der Waals surface area contributed by atoms with Crippen molar-refractivity contribution in [1.29, 1.82) is 0 Å². The third-order valence-corrected chi connectivity index (χ3v) is 6.00. The van der Waals surface area contributed by atoms with Gasteiger partial charge in [0, 0.05) is 24.4 Å². The second-order valence-electron chi connectivity index (χ2n) is 8.32. The molecule has 7 nitrogen and oxygen atoms in total. The van der Waals surface area contributed by atoms with E-state index in [4.69, 9.17) is 0 Å². The fourth-order valence-electron chi connectivity index (χ4n) is 4.28. The van der Waals surface area contributed by atoms with E-state index in [1.54, 1.807) is 10.9 Å². The van der Waals surface area contributed by atoms with Gasteiger partial charge in [-0.25, -0.2) is 9.36 Å². The zero-order valence-electron chi connectivity index (χ0n) is 16.9. The molecule has 0 N–H and O–H groups in total. The number of likely N-dealkylation sites (tertiary alicyclic amines) is 1. The number of benzene rings is 1. The van der Waals surface area contributed by atoms with Crippen LogP contribution >= 0.6 is 0 Å². The molecule has 0 atom stereocenters. The summed E-state index contributed by atoms with van der Waals surface area (Å²) in [5.74, 6) is 0.318. The minimum Gasteiger partial charge on any atom is -0.341 e. The van der Waals surface area contributed by atoms with E-state index in [0.717, 1.165) is 66.7 Å². The van der Waals surface area contributed by atoms with Gasteiger partial charge in [0.25, 0.3) is 5.56 Å². The monoisotopic (exact) mass is 391 g/mol. The molecule has 0 bridgehead atoms. The number of hydrogen-bond acceptors (Lipinski definition) is 4. The van der Waals surface area contributed by atoms with E-state index in [2.05, 4.69) is 16.3 Å². The van der Waals surface area contributed by atoms with Crippen molar-refractivity contribution in [3.63, 3.8) is 0 Å². The summed E-state index contributed by atoms with van der Waals surface area (Å²) in [7, 11) is 0. The van der Waals surface area contributed by atoms with E-state index in [1.165, 1.54) is 4.68 Å². The molecule has 0 radical (unpaired) electrons. The van der Waals surface area contributed by atoms with E-state index < -0.39 is 0 Å². The fraction of sp³-hybridized carbons (Fsp3) is 0.455. The molecular formula is C22H25N5O2. The maximum Gasteiger partial charge on any atom is 0.293 e. The second-order valence-corrected chi connectivity index (χ2v) is 8.32. The molecule has 2 aromatic heterocycles. The van der Waals surface area contributed by atoms with E-state index >= 15 is 0 Å². The van der Waals surface area contributed by atoms with Crippen molar-refractivity contribution in [2.45, 2.75) is 52.0 Å². The Balaban J connectivity index is 1.66. The molecular weight excluding hydrogens is 366 g/mol. The summed E-state index contributed by atoms with van der Waals surface area (Å²) in [6, 6.07) is 6.10. The Morgan fingerprint density at radius 3 is 2.62 bits per heavy atom. The maximum atomic E-state index is 13.4. The highest BCUT2D eigenvalue weighted by molar-refractivity contribution is 5.83. The van der Waals surface area contributed by atoms with Crippen LogP contribution in [0.5, 0.6) is 0 Å². The lowest BCUT2D eigenvalue weighted by molar-refractivity contribution is -0.131. The van der Waals surface area contributed by atoms with Crippen molar-refractivity contribution >= 4 is 16.8 Å². The van der Waals surface area contributed by atoms with E-state index in [1.807, 2.05) is 30.9 Å². The van der Waals surface area contributed by atoms with Crippen molar-refractivity contribution in [3.05, 3.63) is 51.6 Å². The van der Waals surface area contributed by atoms with Crippen LogP contribution in [-0.2, 0) is 11.3 Å². The Morgan fingerprint density at radius 1 is 1.17 bits per heavy atom. The van der Waals surface area contributed by atoms with Gasteiger partial charge in [-0.15, -0.1) is 0 Å². The lowest BCUT2D eigenvalue weighted by atomic mass is 10.1. The van der Waals surface area contributed by atoms with E-state index in [0.29, 0.717) is 11.4 Å². The molecule has 0 unspecified atom stereocenters. The Morgan fingerprint density at radius 2 is 1.93 bits per heavy atom. The number of carbonyl (C=O) groups is 1. The Bertz CT molecular complexity index is 1170. The number of amides is 1. The minimum absolute atomic E-state index is 0.00739. The van der Waals surface area contributed by atoms with Gasteiger partial charge in [0.1, 0.15) is 12.1 Å². The molecule has 1 aromatic carbocycles. The highest BCUT2D eigenvalue weighted by Gasteiger charge is 2.31. The van der Waals surface area contributed by atoms with Gasteiger partial charge in [0.2, 0.25) is 5.91 Å². The van der Waals surface area contributed by atoms with Gasteiger partial charge >= 0.3 is 0 Å². The molecule has 3 heterocycles. The number of aryl methyl sites for hydroxylation is 2. The predicted octanol–water partition coefficient (Wildman–Crippen LogP) is 2.70. The molecule has 1 aliphatic heterocycles. The quantitative estimate of drug-likeness (QED) is 0.685. The van der Waals surface area contributed by atoms with Crippen LogP contribution < -0.4 is 5.56 Å². The van der Waals surface area contributed by atoms with Crippen LogP contribution in [0.3, 0.4) is 0 Å². The molecule has 150 valence electrons. The second kappa shape index (κ2) is 6.83. The third-order valence-electron chi connectivity index (χ3n) is 6.00. The molecule has 3 aromatic rings. The molecule has 7 heteroatoms. The zero-order valence-corrected chi connectivity index (χ0v) is 16.9. The standard InChI is InChI=1S/C22H25N5O2/c1-14-5-8-18(15(2)11-14)27-21-17(12-23-27)20(16-6-7-16)24-26(22(21)29)13-19(28)25-9-3-4-10-25/h5,8,11-12,16H,3-4,6-7,9-10,13H2,1-2H3. The molecule has 2 fully saturated rings. The van der Waals surface area contributed by atoms with Crippen LogP contribution in [0.2, 0.25) is 0 Å². The molecule has 1 saturated heterocycles. The van der Waals surface area contributed by atoms with Gasteiger partial charge in [0.05, 0.1) is 17.6 Å². The van der Waals surface area contributed by atoms with E-state index in [-0.39, 0.29) is 18.0 Å². The molecule has 1 aliphatic carbocycles. The SMILES string of the molecule is Cc1ccc(-n2ncc3c(C4CC4)nn(CC(=O)N4CCCC4)c(=O)c32)c(C)c1. The smallest absolute Gasteiger partial charge is 0.293 e.